The monoisotopic (exact) mass is 162 g/mol. The van der Waals surface area contributed by atoms with Gasteiger partial charge >= 0.3 is 6.18 Å². The van der Waals surface area contributed by atoms with Crippen molar-refractivity contribution in [1.29, 1.82) is 0 Å². The highest BCUT2D eigenvalue weighted by atomic mass is 19.4. The molecule has 1 aliphatic heterocycles. The van der Waals surface area contributed by atoms with Crippen LogP contribution in [-0.2, 0) is 4.74 Å². The van der Waals surface area contributed by atoms with E-state index in [4.69, 9.17) is 0 Å². The van der Waals surface area contributed by atoms with E-state index in [0.29, 0.717) is 0 Å². The van der Waals surface area contributed by atoms with Crippen LogP contribution in [0.15, 0.2) is 0 Å². The minimum absolute atomic E-state index is 2.41. The Bertz CT molecular complexity index is 132. The van der Waals surface area contributed by atoms with Gasteiger partial charge in [0.1, 0.15) is 0 Å². The molecular weight excluding hydrogens is 159 g/mol. The summed E-state index contributed by atoms with van der Waals surface area (Å²) >= 11 is 0. The van der Waals surface area contributed by atoms with Crippen molar-refractivity contribution in [3.05, 3.63) is 0 Å². The van der Waals surface area contributed by atoms with Crippen molar-refractivity contribution in [3.63, 3.8) is 0 Å². The van der Waals surface area contributed by atoms with Crippen LogP contribution in [0.2, 0.25) is 0 Å². The lowest BCUT2D eigenvalue weighted by molar-refractivity contribution is -0.346. The van der Waals surface area contributed by atoms with Crippen LogP contribution in [-0.4, -0.2) is 24.8 Å². The van der Waals surface area contributed by atoms with Gasteiger partial charge in [-0.15, -0.1) is 0 Å². The van der Waals surface area contributed by atoms with Gasteiger partial charge < -0.3 is 4.74 Å². The highest BCUT2D eigenvalue weighted by molar-refractivity contribution is 4.87. The summed E-state index contributed by atoms with van der Waals surface area (Å²) in [5, 5.41) is 0. The first kappa shape index (κ1) is 7.71. The molecule has 0 radical (unpaired) electrons. The fraction of sp³-hybridized carbons (Fsp3) is 1.00. The highest BCUT2D eigenvalue weighted by Gasteiger charge is 2.58. The molecule has 0 aromatic carbocycles. The maximum absolute atomic E-state index is 11.9. The van der Waals surface area contributed by atoms with Crippen molar-refractivity contribution in [3.8, 4) is 0 Å². The van der Waals surface area contributed by atoms with E-state index in [2.05, 4.69) is 4.74 Å². The van der Waals surface area contributed by atoms with Crippen LogP contribution < -0.4 is 0 Å². The number of hydrogen-bond acceptors (Lipinski definition) is 1. The molecule has 1 saturated heterocycles. The number of ether oxygens (including phenoxy) is 1. The zero-order valence-corrected chi connectivity index (χ0v) is 4.53. The molecule has 10 heavy (non-hydrogen) atoms. The molecule has 1 fully saturated rings. The Morgan fingerprint density at radius 2 is 1.60 bits per heavy atom. The van der Waals surface area contributed by atoms with E-state index >= 15 is 0 Å². The summed E-state index contributed by atoms with van der Waals surface area (Å²) in [5.74, 6) is 0. The Morgan fingerprint density at radius 1 is 1.10 bits per heavy atom. The summed E-state index contributed by atoms with van der Waals surface area (Å²) in [4.78, 5) is 0. The first-order chi connectivity index (χ1) is 4.43. The van der Waals surface area contributed by atoms with Crippen molar-refractivity contribution in [2.75, 3.05) is 0 Å². The van der Waals surface area contributed by atoms with Crippen LogP contribution in [0.5, 0.6) is 0 Å². The van der Waals surface area contributed by atoms with E-state index in [1.807, 2.05) is 0 Å². The predicted molar refractivity (Wildman–Crippen MR) is 20.7 cm³/mol. The number of halogens is 5. The molecule has 0 aromatic rings. The standard InChI is InChI=1S/C4H3F5O/c5-1-2(4(7,8)9)10-3(1)6/h1-3H. The Hall–Kier alpha value is -0.390. The van der Waals surface area contributed by atoms with Crippen LogP contribution in [0, 0.1) is 0 Å². The van der Waals surface area contributed by atoms with Gasteiger partial charge in [0.2, 0.25) is 6.36 Å². The molecule has 0 amide bonds. The Morgan fingerprint density at radius 3 is 1.70 bits per heavy atom. The lowest BCUT2D eigenvalue weighted by Gasteiger charge is -2.35. The van der Waals surface area contributed by atoms with Gasteiger partial charge in [0, 0.05) is 0 Å². The highest BCUT2D eigenvalue weighted by Crippen LogP contribution is 2.37. The summed E-state index contributed by atoms with van der Waals surface area (Å²) < 4.78 is 61.1. The third-order valence-corrected chi connectivity index (χ3v) is 1.14. The van der Waals surface area contributed by atoms with Crippen molar-refractivity contribution < 1.29 is 26.7 Å². The normalized spacial score (nSPS) is 41.1. The van der Waals surface area contributed by atoms with Gasteiger partial charge in [-0.25, -0.2) is 8.78 Å². The van der Waals surface area contributed by atoms with Gasteiger partial charge in [0.15, 0.2) is 12.3 Å². The minimum atomic E-state index is -4.79. The van der Waals surface area contributed by atoms with Crippen molar-refractivity contribution in [1.82, 2.24) is 0 Å². The Labute approximate surface area is 52.8 Å². The van der Waals surface area contributed by atoms with Crippen molar-refractivity contribution in [2.24, 2.45) is 0 Å². The minimum Gasteiger partial charge on any atom is -0.329 e. The maximum Gasteiger partial charge on any atom is 0.417 e. The van der Waals surface area contributed by atoms with E-state index in [9.17, 15) is 22.0 Å². The summed E-state index contributed by atoms with van der Waals surface area (Å²) in [6.45, 7) is 0. The number of hydrogen-bond donors (Lipinski definition) is 0. The van der Waals surface area contributed by atoms with Crippen molar-refractivity contribution >= 4 is 0 Å². The van der Waals surface area contributed by atoms with Gasteiger partial charge in [-0.05, 0) is 0 Å². The first-order valence-electron chi connectivity index (χ1n) is 2.43. The molecule has 0 aliphatic carbocycles. The van der Waals surface area contributed by atoms with Crippen LogP contribution in [0.3, 0.4) is 0 Å². The Kier molecular flexibility index (Phi) is 1.58. The molecule has 0 spiro atoms. The molecule has 60 valence electrons. The quantitative estimate of drug-likeness (QED) is 0.491. The van der Waals surface area contributed by atoms with E-state index in [1.54, 1.807) is 0 Å². The van der Waals surface area contributed by atoms with Gasteiger partial charge in [-0.3, -0.25) is 0 Å². The molecule has 3 unspecified atom stereocenters. The van der Waals surface area contributed by atoms with Crippen LogP contribution in [0.1, 0.15) is 0 Å². The lowest BCUT2D eigenvalue weighted by atomic mass is 10.1. The molecule has 1 nitrogen and oxygen atoms in total. The second kappa shape index (κ2) is 2.05. The number of alkyl halides is 5. The van der Waals surface area contributed by atoms with E-state index in [1.165, 1.54) is 0 Å². The van der Waals surface area contributed by atoms with Gasteiger partial charge in [0.25, 0.3) is 0 Å². The zero-order chi connectivity index (χ0) is 7.94. The van der Waals surface area contributed by atoms with Gasteiger partial charge in [-0.2, -0.15) is 13.2 Å². The second-order valence-electron chi connectivity index (χ2n) is 1.89. The fourth-order valence-electron chi connectivity index (χ4n) is 0.596. The van der Waals surface area contributed by atoms with Gasteiger partial charge in [0.05, 0.1) is 0 Å². The molecule has 1 aliphatic rings. The molecule has 1 heterocycles. The maximum atomic E-state index is 11.9. The molecule has 0 bridgehead atoms. The average Bonchev–Trinajstić information content (AvgIpc) is 1.79. The smallest absolute Gasteiger partial charge is 0.329 e. The van der Waals surface area contributed by atoms with Gasteiger partial charge in [-0.1, -0.05) is 0 Å². The lowest BCUT2D eigenvalue weighted by Crippen LogP contribution is -2.56. The second-order valence-corrected chi connectivity index (χ2v) is 1.89. The van der Waals surface area contributed by atoms with Crippen molar-refractivity contribution in [2.45, 2.75) is 24.8 Å². The Balaban J connectivity index is 2.48. The molecule has 0 aromatic heterocycles. The molecular formula is C4H3F5O. The van der Waals surface area contributed by atoms with E-state index < -0.39 is 24.8 Å². The third kappa shape index (κ3) is 1.07. The topological polar surface area (TPSA) is 9.23 Å². The molecule has 6 heteroatoms. The summed E-state index contributed by atoms with van der Waals surface area (Å²) in [6, 6.07) is 0. The summed E-state index contributed by atoms with van der Waals surface area (Å²) in [7, 11) is 0. The van der Waals surface area contributed by atoms with E-state index in [-0.39, 0.29) is 0 Å². The summed E-state index contributed by atoms with van der Waals surface area (Å²) in [5.41, 5.74) is 0. The van der Waals surface area contributed by atoms with Crippen LogP contribution in [0.25, 0.3) is 0 Å². The predicted octanol–water partition coefficient (Wildman–Crippen LogP) is 1.58. The number of rotatable bonds is 0. The van der Waals surface area contributed by atoms with Crippen LogP contribution >= 0.6 is 0 Å². The zero-order valence-electron chi connectivity index (χ0n) is 4.53. The summed E-state index contributed by atoms with van der Waals surface area (Å²) in [6.07, 6.45) is -12.3. The SMILES string of the molecule is FC1OC(C(F)(F)F)C1F. The molecule has 0 saturated carbocycles. The average molecular weight is 162 g/mol. The third-order valence-electron chi connectivity index (χ3n) is 1.14. The first-order valence-corrected chi connectivity index (χ1v) is 2.43. The molecule has 1 rings (SSSR count). The van der Waals surface area contributed by atoms with E-state index in [0.717, 1.165) is 0 Å². The largest absolute Gasteiger partial charge is 0.417 e. The molecule has 3 atom stereocenters. The fourth-order valence-corrected chi connectivity index (χ4v) is 0.596. The van der Waals surface area contributed by atoms with Crippen LogP contribution in [0.4, 0.5) is 22.0 Å². The molecule has 0 N–H and O–H groups in total.